The highest BCUT2D eigenvalue weighted by molar-refractivity contribution is 9.09. The number of benzene rings is 2. The van der Waals surface area contributed by atoms with Gasteiger partial charge in [-0.2, -0.15) is 0 Å². The number of halogens is 1. The Morgan fingerprint density at radius 1 is 1.00 bits per heavy atom. The number of para-hydroxylation sites is 1. The summed E-state index contributed by atoms with van der Waals surface area (Å²) in [6.45, 7) is 3.91. The maximum Gasteiger partial charge on any atom is 0.310 e. The van der Waals surface area contributed by atoms with Crippen molar-refractivity contribution in [3.8, 4) is 0 Å². The van der Waals surface area contributed by atoms with Gasteiger partial charge in [0.25, 0.3) is 5.91 Å². The first kappa shape index (κ1) is 20.2. The smallest absolute Gasteiger partial charge is 0.310 e. The van der Waals surface area contributed by atoms with E-state index in [1.54, 1.807) is 24.3 Å². The van der Waals surface area contributed by atoms with Crippen LogP contribution in [-0.2, 0) is 14.3 Å². The van der Waals surface area contributed by atoms with Gasteiger partial charge in [0.1, 0.15) is 6.10 Å². The van der Waals surface area contributed by atoms with Crippen molar-refractivity contribution in [2.45, 2.75) is 31.2 Å². The molecule has 1 saturated heterocycles. The Hall–Kier alpha value is -2.67. The van der Waals surface area contributed by atoms with Crippen LogP contribution in [0.5, 0.6) is 0 Å². The number of rotatable bonds is 4. The predicted molar refractivity (Wildman–Crippen MR) is 120 cm³/mol. The van der Waals surface area contributed by atoms with Crippen LogP contribution in [0.4, 0.5) is 11.4 Å². The van der Waals surface area contributed by atoms with Gasteiger partial charge in [0, 0.05) is 22.9 Å². The molecule has 2 N–H and O–H groups in total. The fourth-order valence-corrected chi connectivity index (χ4v) is 6.50. The minimum atomic E-state index is -0.382. The first-order valence-electron chi connectivity index (χ1n) is 10.5. The topological polar surface area (TPSA) is 84.5 Å². The van der Waals surface area contributed by atoms with Gasteiger partial charge in [-0.25, -0.2) is 0 Å². The van der Waals surface area contributed by atoms with E-state index in [1.165, 1.54) is 0 Å². The summed E-state index contributed by atoms with van der Waals surface area (Å²) in [4.78, 5) is 37.9. The molecule has 2 aromatic rings. The highest BCUT2D eigenvalue weighted by atomic mass is 79.9. The molecule has 6 atom stereocenters. The zero-order valence-corrected chi connectivity index (χ0v) is 18.8. The van der Waals surface area contributed by atoms with Crippen molar-refractivity contribution in [2.75, 3.05) is 10.6 Å². The molecule has 160 valence electrons. The van der Waals surface area contributed by atoms with Gasteiger partial charge in [-0.15, -0.1) is 0 Å². The van der Waals surface area contributed by atoms with Crippen LogP contribution in [0.2, 0.25) is 0 Å². The van der Waals surface area contributed by atoms with Gasteiger partial charge in [0.15, 0.2) is 0 Å². The van der Waals surface area contributed by atoms with Crippen LogP contribution >= 0.6 is 15.9 Å². The van der Waals surface area contributed by atoms with Gasteiger partial charge >= 0.3 is 5.97 Å². The summed E-state index contributed by atoms with van der Waals surface area (Å²) >= 11 is 3.63. The average Bonchev–Trinajstić information content (AvgIpc) is 3.35. The second kappa shape index (κ2) is 7.48. The van der Waals surface area contributed by atoms with Crippen LogP contribution in [-0.4, -0.2) is 28.7 Å². The van der Waals surface area contributed by atoms with E-state index < -0.39 is 0 Å². The molecule has 2 aromatic carbocycles. The van der Waals surface area contributed by atoms with Crippen LogP contribution in [0, 0.1) is 37.5 Å². The molecule has 2 amide bonds. The van der Waals surface area contributed by atoms with E-state index in [9.17, 15) is 14.4 Å². The molecule has 7 heteroatoms. The van der Waals surface area contributed by atoms with Gasteiger partial charge in [-0.3, -0.25) is 14.4 Å². The molecule has 0 aromatic heterocycles. The number of carbonyl (C=O) groups excluding carboxylic acids is 3. The summed E-state index contributed by atoms with van der Waals surface area (Å²) in [6.07, 6.45) is 0.744. The van der Waals surface area contributed by atoms with Crippen molar-refractivity contribution in [1.82, 2.24) is 0 Å². The standard InChI is InChI=1S/C24H23BrN2O4/c1-11-4-3-5-12(2)20(11)27-22(28)13-6-8-14(9-7-13)26-23(29)17-15-10-16-18(17)24(30)31-21(16)19(15)25/h3-9,15-19,21H,10H2,1-2H3,(H,26,29)(H,27,28)/t15-,16-,17-,18+,19-,21+/m1/s1. The first-order valence-corrected chi connectivity index (χ1v) is 11.4. The molecule has 3 aliphatic rings. The van der Waals surface area contributed by atoms with Crippen LogP contribution in [0.15, 0.2) is 42.5 Å². The third-order valence-electron chi connectivity index (χ3n) is 6.96. The van der Waals surface area contributed by atoms with Gasteiger partial charge in [0.2, 0.25) is 5.91 Å². The van der Waals surface area contributed by atoms with E-state index in [4.69, 9.17) is 4.74 Å². The lowest BCUT2D eigenvalue weighted by atomic mass is 9.79. The molecule has 2 aliphatic carbocycles. The number of anilines is 2. The summed E-state index contributed by atoms with van der Waals surface area (Å²) in [6, 6.07) is 12.7. The maximum absolute atomic E-state index is 13.0. The van der Waals surface area contributed by atoms with Crippen LogP contribution in [0.1, 0.15) is 27.9 Å². The molecule has 3 fully saturated rings. The van der Waals surface area contributed by atoms with Gasteiger partial charge in [-0.1, -0.05) is 34.1 Å². The molecule has 1 heterocycles. The van der Waals surface area contributed by atoms with E-state index in [2.05, 4.69) is 26.6 Å². The molecule has 31 heavy (non-hydrogen) atoms. The molecule has 6 nitrogen and oxygen atoms in total. The van der Waals surface area contributed by atoms with Crippen LogP contribution in [0.3, 0.4) is 0 Å². The number of hydrogen-bond acceptors (Lipinski definition) is 4. The average molecular weight is 483 g/mol. The number of esters is 1. The summed E-state index contributed by atoms with van der Waals surface area (Å²) in [5, 5.41) is 5.89. The maximum atomic E-state index is 13.0. The SMILES string of the molecule is Cc1cccc(C)c1NC(=O)c1ccc(NC(=O)[C@@H]2[C@H]3C[C@H]4[C@H](OC(=O)[C@@H]42)[C@@H]3Br)cc1. The summed E-state index contributed by atoms with van der Waals surface area (Å²) in [7, 11) is 0. The third kappa shape index (κ3) is 3.26. The fourth-order valence-electron chi connectivity index (χ4n) is 5.46. The van der Waals surface area contributed by atoms with Crippen molar-refractivity contribution in [1.29, 1.82) is 0 Å². The van der Waals surface area contributed by atoms with E-state index in [-0.39, 0.29) is 52.4 Å². The fraction of sp³-hybridized carbons (Fsp3) is 0.375. The number of fused-ring (bicyclic) bond motifs is 1. The highest BCUT2D eigenvalue weighted by Crippen LogP contribution is 2.60. The van der Waals surface area contributed by atoms with E-state index in [0.717, 1.165) is 23.2 Å². The number of nitrogens with one attached hydrogen (secondary N) is 2. The largest absolute Gasteiger partial charge is 0.461 e. The molecule has 2 bridgehead atoms. The summed E-state index contributed by atoms with van der Waals surface area (Å²) in [5.74, 6) is -1.10. The van der Waals surface area contributed by atoms with Gasteiger partial charge < -0.3 is 15.4 Å². The number of alkyl halides is 1. The molecule has 0 unspecified atom stereocenters. The first-order chi connectivity index (χ1) is 14.8. The molecular formula is C24H23BrN2O4. The normalized spacial score (nSPS) is 30.2. The lowest BCUT2D eigenvalue weighted by Gasteiger charge is -2.27. The number of amides is 2. The summed E-state index contributed by atoms with van der Waals surface area (Å²) in [5.41, 5.74) is 3.92. The molecular weight excluding hydrogens is 460 g/mol. The van der Waals surface area contributed by atoms with Crippen molar-refractivity contribution in [2.24, 2.45) is 23.7 Å². The Morgan fingerprint density at radius 3 is 2.35 bits per heavy atom. The number of aryl methyl sites for hydroxylation is 2. The minimum absolute atomic E-state index is 0.0342. The number of ether oxygens (including phenoxy) is 1. The second-order valence-corrected chi connectivity index (χ2v) is 9.81. The van der Waals surface area contributed by atoms with Crippen LogP contribution < -0.4 is 10.6 Å². The van der Waals surface area contributed by atoms with Gasteiger partial charge in [-0.05, 0) is 61.6 Å². The zero-order valence-electron chi connectivity index (χ0n) is 17.2. The van der Waals surface area contributed by atoms with E-state index in [0.29, 0.717) is 11.3 Å². The highest BCUT2D eigenvalue weighted by Gasteiger charge is 2.67. The monoisotopic (exact) mass is 482 g/mol. The van der Waals surface area contributed by atoms with Crippen molar-refractivity contribution >= 4 is 45.1 Å². The van der Waals surface area contributed by atoms with E-state index in [1.807, 2.05) is 32.0 Å². The zero-order chi connectivity index (χ0) is 21.9. The minimum Gasteiger partial charge on any atom is -0.461 e. The molecule has 2 saturated carbocycles. The van der Waals surface area contributed by atoms with Crippen LogP contribution in [0.25, 0.3) is 0 Å². The number of hydrogen-bond donors (Lipinski definition) is 2. The lowest BCUT2D eigenvalue weighted by Crippen LogP contribution is -2.40. The Labute approximate surface area is 188 Å². The Morgan fingerprint density at radius 2 is 1.68 bits per heavy atom. The van der Waals surface area contributed by atoms with Crippen molar-refractivity contribution < 1.29 is 19.1 Å². The Bertz CT molecular complexity index is 1060. The molecule has 1 aliphatic heterocycles. The Balaban J connectivity index is 1.27. The molecule has 0 spiro atoms. The second-order valence-electron chi connectivity index (χ2n) is 8.75. The van der Waals surface area contributed by atoms with Gasteiger partial charge in [0.05, 0.1) is 16.7 Å². The van der Waals surface area contributed by atoms with E-state index >= 15 is 0 Å². The molecule has 0 radical (unpaired) electrons. The third-order valence-corrected chi connectivity index (χ3v) is 8.16. The quantitative estimate of drug-likeness (QED) is 0.508. The molecule has 5 rings (SSSR count). The predicted octanol–water partition coefficient (Wildman–Crippen LogP) is 4.07. The van der Waals surface area contributed by atoms with Crippen molar-refractivity contribution in [3.63, 3.8) is 0 Å². The summed E-state index contributed by atoms with van der Waals surface area (Å²) < 4.78 is 5.48. The number of carbonyl (C=O) groups is 3. The Kier molecular flexibility index (Phi) is 4.88. The van der Waals surface area contributed by atoms with Crippen molar-refractivity contribution in [3.05, 3.63) is 59.2 Å². The lowest BCUT2D eigenvalue weighted by molar-refractivity contribution is -0.145.